The summed E-state index contributed by atoms with van der Waals surface area (Å²) in [5.41, 5.74) is 1.98. The minimum absolute atomic E-state index is 0.122. The smallest absolute Gasteiger partial charge is 0.316 e. The van der Waals surface area contributed by atoms with Crippen LogP contribution in [0.4, 0.5) is 0 Å². The highest BCUT2D eigenvalue weighted by Gasteiger charge is 2.45. The van der Waals surface area contributed by atoms with Crippen LogP contribution in [0.25, 0.3) is 0 Å². The third-order valence-electron chi connectivity index (χ3n) is 4.42. The molecule has 3 heteroatoms. The molecule has 0 radical (unpaired) electrons. The van der Waals surface area contributed by atoms with Crippen molar-refractivity contribution in [2.45, 2.75) is 40.2 Å². The topological polar surface area (TPSA) is 31.2 Å². The van der Waals surface area contributed by atoms with Gasteiger partial charge in [-0.25, -0.2) is 0 Å². The number of methoxy groups -OCH3 is 1. The van der Waals surface area contributed by atoms with Gasteiger partial charge in [-0.05, 0) is 38.3 Å². The summed E-state index contributed by atoms with van der Waals surface area (Å²) in [6.07, 6.45) is 4.98. The molecule has 2 unspecified atom stereocenters. The van der Waals surface area contributed by atoms with Gasteiger partial charge in [-0.15, -0.1) is 0 Å². The number of rotatable bonds is 3. The van der Waals surface area contributed by atoms with Gasteiger partial charge in [0.15, 0.2) is 0 Å². The Hall–Kier alpha value is -1.51. The van der Waals surface area contributed by atoms with Gasteiger partial charge in [0.05, 0.1) is 18.6 Å². The fourth-order valence-corrected chi connectivity index (χ4v) is 3.15. The maximum absolute atomic E-state index is 12.2. The highest BCUT2D eigenvalue weighted by molar-refractivity contribution is 5.80. The number of hydrogen-bond donors (Lipinski definition) is 0. The molecule has 2 atom stereocenters. The second kappa shape index (κ2) is 4.87. The molecule has 104 valence electrons. The molecule has 0 aliphatic heterocycles. The molecule has 0 saturated heterocycles. The first-order chi connectivity index (χ1) is 8.92. The van der Waals surface area contributed by atoms with E-state index in [0.29, 0.717) is 0 Å². The van der Waals surface area contributed by atoms with E-state index in [2.05, 4.69) is 50.5 Å². The Balaban J connectivity index is 2.33. The van der Waals surface area contributed by atoms with E-state index < -0.39 is 5.41 Å². The van der Waals surface area contributed by atoms with Gasteiger partial charge in [-0.2, -0.15) is 0 Å². The third-order valence-corrected chi connectivity index (χ3v) is 4.42. The SMILES string of the molecule is COC(=O)C1(C(C)C)C=CC(n2c(C)ccc2C)C1. The van der Waals surface area contributed by atoms with E-state index in [4.69, 9.17) is 4.74 Å². The van der Waals surface area contributed by atoms with Gasteiger partial charge < -0.3 is 9.30 Å². The van der Waals surface area contributed by atoms with Gasteiger partial charge in [0, 0.05) is 11.4 Å². The molecule has 3 nitrogen and oxygen atoms in total. The molecular formula is C16H23NO2. The van der Waals surface area contributed by atoms with E-state index in [1.54, 1.807) is 0 Å². The maximum atomic E-state index is 12.2. The molecule has 1 aliphatic carbocycles. The summed E-state index contributed by atoms with van der Waals surface area (Å²) in [6.45, 7) is 8.38. The van der Waals surface area contributed by atoms with E-state index in [1.165, 1.54) is 18.5 Å². The fraction of sp³-hybridized carbons (Fsp3) is 0.562. The van der Waals surface area contributed by atoms with Gasteiger partial charge in [-0.1, -0.05) is 26.0 Å². The maximum Gasteiger partial charge on any atom is 0.316 e. The van der Waals surface area contributed by atoms with Crippen LogP contribution in [-0.2, 0) is 9.53 Å². The summed E-state index contributed by atoms with van der Waals surface area (Å²) in [5.74, 6) is 0.112. The zero-order valence-electron chi connectivity index (χ0n) is 12.4. The van der Waals surface area contributed by atoms with Crippen LogP contribution in [0.1, 0.15) is 37.7 Å². The van der Waals surface area contributed by atoms with Crippen LogP contribution in [-0.4, -0.2) is 17.6 Å². The molecule has 2 rings (SSSR count). The fourth-order valence-electron chi connectivity index (χ4n) is 3.15. The van der Waals surface area contributed by atoms with Crippen LogP contribution >= 0.6 is 0 Å². The lowest BCUT2D eigenvalue weighted by Crippen LogP contribution is -2.35. The third kappa shape index (κ3) is 2.11. The number of aryl methyl sites for hydroxylation is 2. The van der Waals surface area contributed by atoms with Crippen LogP contribution in [0.3, 0.4) is 0 Å². The predicted molar refractivity (Wildman–Crippen MR) is 76.0 cm³/mol. The van der Waals surface area contributed by atoms with Crippen molar-refractivity contribution >= 4 is 5.97 Å². The number of nitrogens with zero attached hydrogens (tertiary/aromatic N) is 1. The zero-order valence-corrected chi connectivity index (χ0v) is 12.4. The summed E-state index contributed by atoms with van der Waals surface area (Å²) < 4.78 is 7.32. The Morgan fingerprint density at radius 3 is 2.42 bits per heavy atom. The van der Waals surface area contributed by atoms with Crippen LogP contribution < -0.4 is 0 Å². The van der Waals surface area contributed by atoms with Crippen molar-refractivity contribution in [2.75, 3.05) is 7.11 Å². The Morgan fingerprint density at radius 2 is 1.95 bits per heavy atom. The number of carbonyl (C=O) groups excluding carboxylic acids is 1. The largest absolute Gasteiger partial charge is 0.468 e. The molecule has 1 aliphatic rings. The Bertz CT molecular complexity index is 493. The van der Waals surface area contributed by atoms with E-state index in [1.807, 2.05) is 6.08 Å². The summed E-state index contributed by atoms with van der Waals surface area (Å²) in [4.78, 5) is 12.2. The summed E-state index contributed by atoms with van der Waals surface area (Å²) in [7, 11) is 1.47. The van der Waals surface area contributed by atoms with Gasteiger partial charge in [0.2, 0.25) is 0 Å². The van der Waals surface area contributed by atoms with Crippen molar-refractivity contribution in [3.8, 4) is 0 Å². The lowest BCUT2D eigenvalue weighted by molar-refractivity contribution is -0.152. The average molecular weight is 261 g/mol. The van der Waals surface area contributed by atoms with Crippen molar-refractivity contribution in [3.63, 3.8) is 0 Å². The minimum atomic E-state index is -0.484. The molecule has 0 aromatic carbocycles. The second-order valence-electron chi connectivity index (χ2n) is 5.80. The first kappa shape index (κ1) is 13.9. The molecule has 19 heavy (non-hydrogen) atoms. The number of allylic oxidation sites excluding steroid dienone is 1. The minimum Gasteiger partial charge on any atom is -0.468 e. The van der Waals surface area contributed by atoms with Crippen LogP contribution in [0.15, 0.2) is 24.3 Å². The van der Waals surface area contributed by atoms with Gasteiger partial charge in [0.25, 0.3) is 0 Å². The van der Waals surface area contributed by atoms with Crippen molar-refractivity contribution < 1.29 is 9.53 Å². The molecule has 1 heterocycles. The number of esters is 1. The summed E-state index contributed by atoms with van der Waals surface area (Å²) in [6, 6.07) is 4.49. The molecule has 0 bridgehead atoms. The Morgan fingerprint density at radius 1 is 1.37 bits per heavy atom. The second-order valence-corrected chi connectivity index (χ2v) is 5.80. The van der Waals surface area contributed by atoms with Crippen LogP contribution in [0, 0.1) is 25.2 Å². The van der Waals surface area contributed by atoms with Crippen molar-refractivity contribution in [1.29, 1.82) is 0 Å². The molecular weight excluding hydrogens is 238 g/mol. The number of aromatic nitrogens is 1. The van der Waals surface area contributed by atoms with E-state index >= 15 is 0 Å². The molecule has 0 fully saturated rings. The Kier molecular flexibility index (Phi) is 3.57. The number of ether oxygens (including phenoxy) is 1. The standard InChI is InChI=1S/C16H23NO2/c1-11(2)16(15(18)19-5)9-8-14(10-16)17-12(3)6-7-13(17)4/h6-9,11,14H,10H2,1-5H3. The normalized spacial score (nSPS) is 26.1. The average Bonchev–Trinajstić information content (AvgIpc) is 2.93. The van der Waals surface area contributed by atoms with E-state index in [9.17, 15) is 4.79 Å². The molecule has 1 aromatic heterocycles. The van der Waals surface area contributed by atoms with Crippen molar-refractivity contribution in [1.82, 2.24) is 4.57 Å². The van der Waals surface area contributed by atoms with Crippen LogP contribution in [0.2, 0.25) is 0 Å². The summed E-state index contributed by atoms with van der Waals surface area (Å²) in [5, 5.41) is 0. The van der Waals surface area contributed by atoms with E-state index in [0.717, 1.165) is 6.42 Å². The van der Waals surface area contributed by atoms with Gasteiger partial charge in [0.1, 0.15) is 0 Å². The first-order valence-electron chi connectivity index (χ1n) is 6.84. The van der Waals surface area contributed by atoms with Gasteiger partial charge in [-0.3, -0.25) is 4.79 Å². The van der Waals surface area contributed by atoms with Crippen molar-refractivity contribution in [2.24, 2.45) is 11.3 Å². The lowest BCUT2D eigenvalue weighted by Gasteiger charge is -2.30. The van der Waals surface area contributed by atoms with Crippen molar-refractivity contribution in [3.05, 3.63) is 35.7 Å². The molecule has 0 amide bonds. The lowest BCUT2D eigenvalue weighted by atomic mass is 9.76. The number of hydrogen-bond acceptors (Lipinski definition) is 2. The monoisotopic (exact) mass is 261 g/mol. The summed E-state index contributed by atoms with van der Waals surface area (Å²) >= 11 is 0. The quantitative estimate of drug-likeness (QED) is 0.616. The first-order valence-corrected chi connectivity index (χ1v) is 6.84. The molecule has 0 saturated carbocycles. The molecule has 1 aromatic rings. The molecule has 0 N–H and O–H groups in total. The Labute approximate surface area is 115 Å². The zero-order chi connectivity index (χ0) is 14.2. The number of carbonyl (C=O) groups is 1. The predicted octanol–water partition coefficient (Wildman–Crippen LogP) is 3.42. The molecule has 0 spiro atoms. The van der Waals surface area contributed by atoms with Gasteiger partial charge >= 0.3 is 5.97 Å². The van der Waals surface area contributed by atoms with E-state index in [-0.39, 0.29) is 17.9 Å². The highest BCUT2D eigenvalue weighted by Crippen LogP contribution is 2.45. The highest BCUT2D eigenvalue weighted by atomic mass is 16.5. The van der Waals surface area contributed by atoms with Crippen LogP contribution in [0.5, 0.6) is 0 Å².